The van der Waals surface area contributed by atoms with Crippen LogP contribution in [-0.4, -0.2) is 13.1 Å². The summed E-state index contributed by atoms with van der Waals surface area (Å²) in [5.41, 5.74) is 5.41. The number of hydrogen-bond acceptors (Lipinski definition) is 3. The van der Waals surface area contributed by atoms with E-state index in [2.05, 4.69) is 4.74 Å². The van der Waals surface area contributed by atoms with E-state index in [-0.39, 0.29) is 5.97 Å². The first-order chi connectivity index (χ1) is 3.72. The third-order valence-corrected chi connectivity index (χ3v) is 0.757. The minimum absolute atomic E-state index is 0.382. The highest BCUT2D eigenvalue weighted by atomic mass is 16.5. The molecule has 3 heteroatoms. The normalized spacial score (nSPS) is 11.0. The van der Waals surface area contributed by atoms with Gasteiger partial charge in [0.25, 0.3) is 0 Å². The topological polar surface area (TPSA) is 52.3 Å². The highest BCUT2D eigenvalue weighted by Crippen LogP contribution is 1.89. The van der Waals surface area contributed by atoms with Gasteiger partial charge >= 0.3 is 5.97 Å². The Balaban J connectivity index is 3.83. The molecule has 0 aliphatic carbocycles. The molecule has 0 spiro atoms. The first-order valence-electron chi connectivity index (χ1n) is 2.19. The van der Waals surface area contributed by atoms with Gasteiger partial charge in [-0.15, -0.1) is 0 Å². The Bertz CT molecular complexity index is 118. The summed E-state index contributed by atoms with van der Waals surface area (Å²) in [6, 6.07) is 0. The second kappa shape index (κ2) is 3.07. The number of nitrogens with two attached hydrogens (primary N) is 1. The molecule has 0 aromatic rings. The van der Waals surface area contributed by atoms with Crippen LogP contribution in [-0.2, 0) is 9.53 Å². The maximum Gasteiger partial charge on any atom is 0.334 e. The number of methoxy groups -OCH3 is 1. The quantitative estimate of drug-likeness (QED) is 0.387. The van der Waals surface area contributed by atoms with Crippen molar-refractivity contribution < 1.29 is 9.53 Å². The minimum atomic E-state index is -0.382. The van der Waals surface area contributed by atoms with Crippen molar-refractivity contribution in [1.29, 1.82) is 0 Å². The van der Waals surface area contributed by atoms with E-state index in [0.29, 0.717) is 5.57 Å². The molecule has 0 unspecified atom stereocenters. The lowest BCUT2D eigenvalue weighted by atomic mass is 10.3. The fourth-order valence-electron chi connectivity index (χ4n) is 0.229. The van der Waals surface area contributed by atoms with Gasteiger partial charge in [0, 0.05) is 11.8 Å². The van der Waals surface area contributed by atoms with Gasteiger partial charge in [-0.2, -0.15) is 0 Å². The van der Waals surface area contributed by atoms with E-state index < -0.39 is 0 Å². The fourth-order valence-corrected chi connectivity index (χ4v) is 0.229. The van der Waals surface area contributed by atoms with Gasteiger partial charge in [-0.05, 0) is 6.92 Å². The summed E-state index contributed by atoms with van der Waals surface area (Å²) in [6.45, 7) is 1.59. The van der Waals surface area contributed by atoms with Gasteiger partial charge in [-0.1, -0.05) is 0 Å². The first-order valence-corrected chi connectivity index (χ1v) is 2.19. The second-order valence-electron chi connectivity index (χ2n) is 1.34. The highest BCUT2D eigenvalue weighted by Gasteiger charge is 1.98. The summed E-state index contributed by atoms with van der Waals surface area (Å²) in [6.07, 6.45) is 1.21. The summed E-state index contributed by atoms with van der Waals surface area (Å²) < 4.78 is 4.32. The van der Waals surface area contributed by atoms with Crippen LogP contribution in [0, 0.1) is 0 Å². The Morgan fingerprint density at radius 1 is 1.75 bits per heavy atom. The van der Waals surface area contributed by atoms with Crippen molar-refractivity contribution in [2.75, 3.05) is 7.11 Å². The Morgan fingerprint density at radius 2 is 2.25 bits per heavy atom. The molecule has 0 rings (SSSR count). The summed E-state index contributed by atoms with van der Waals surface area (Å²) in [4.78, 5) is 10.4. The Hall–Kier alpha value is -0.990. The molecule has 0 heterocycles. The summed E-state index contributed by atoms with van der Waals surface area (Å²) >= 11 is 0. The van der Waals surface area contributed by atoms with Crippen LogP contribution in [0.25, 0.3) is 0 Å². The lowest BCUT2D eigenvalue weighted by Gasteiger charge is -1.93. The van der Waals surface area contributed by atoms with Crippen LogP contribution in [0.5, 0.6) is 0 Å². The zero-order chi connectivity index (χ0) is 6.57. The molecule has 0 aliphatic rings. The van der Waals surface area contributed by atoms with Crippen molar-refractivity contribution in [3.8, 4) is 0 Å². The van der Waals surface area contributed by atoms with Gasteiger partial charge in [0.15, 0.2) is 0 Å². The highest BCUT2D eigenvalue weighted by molar-refractivity contribution is 5.87. The molecule has 46 valence electrons. The molecule has 0 aliphatic heterocycles. The predicted octanol–water partition coefficient (Wildman–Crippen LogP) is 0.0219. The smallest absolute Gasteiger partial charge is 0.334 e. The van der Waals surface area contributed by atoms with Crippen molar-refractivity contribution in [2.45, 2.75) is 6.92 Å². The number of rotatable bonds is 1. The van der Waals surface area contributed by atoms with Crippen LogP contribution in [0.4, 0.5) is 0 Å². The Morgan fingerprint density at radius 3 is 2.38 bits per heavy atom. The lowest BCUT2D eigenvalue weighted by Crippen LogP contribution is -2.02. The zero-order valence-electron chi connectivity index (χ0n) is 4.97. The molecule has 0 aromatic carbocycles. The average molecular weight is 115 g/mol. The molecule has 0 aromatic heterocycles. The van der Waals surface area contributed by atoms with Crippen LogP contribution >= 0.6 is 0 Å². The average Bonchev–Trinajstić information content (AvgIpc) is 1.84. The summed E-state index contributed by atoms with van der Waals surface area (Å²) in [7, 11) is 1.31. The molecule has 0 bridgehead atoms. The van der Waals surface area contributed by atoms with Crippen molar-refractivity contribution in [3.63, 3.8) is 0 Å². The molecule has 3 nitrogen and oxygen atoms in total. The molecule has 0 atom stereocenters. The number of esters is 1. The van der Waals surface area contributed by atoms with E-state index in [9.17, 15) is 4.79 Å². The monoisotopic (exact) mass is 115 g/mol. The van der Waals surface area contributed by atoms with Crippen molar-refractivity contribution in [3.05, 3.63) is 11.8 Å². The van der Waals surface area contributed by atoms with Crippen LogP contribution in [0.15, 0.2) is 11.8 Å². The Kier molecular flexibility index (Phi) is 2.69. The van der Waals surface area contributed by atoms with Gasteiger partial charge in [-0.25, -0.2) is 4.79 Å². The van der Waals surface area contributed by atoms with E-state index in [1.807, 2.05) is 0 Å². The third kappa shape index (κ3) is 1.64. The largest absolute Gasteiger partial charge is 0.466 e. The zero-order valence-corrected chi connectivity index (χ0v) is 4.97. The van der Waals surface area contributed by atoms with E-state index in [1.54, 1.807) is 6.92 Å². The molecule has 2 N–H and O–H groups in total. The third-order valence-electron chi connectivity index (χ3n) is 0.757. The van der Waals surface area contributed by atoms with Crippen molar-refractivity contribution in [2.24, 2.45) is 5.73 Å². The number of hydrogen-bond donors (Lipinski definition) is 1. The second-order valence-corrected chi connectivity index (χ2v) is 1.34. The molecule has 0 saturated carbocycles. The van der Waals surface area contributed by atoms with Gasteiger partial charge < -0.3 is 10.5 Å². The molecule has 0 amide bonds. The number of ether oxygens (including phenoxy) is 1. The molecule has 0 fully saturated rings. The van der Waals surface area contributed by atoms with Crippen molar-refractivity contribution in [1.82, 2.24) is 0 Å². The maximum absolute atomic E-state index is 10.4. The van der Waals surface area contributed by atoms with Crippen LogP contribution < -0.4 is 5.73 Å². The standard InChI is InChI=1S/C5H9NO2/c1-4(3-6)5(7)8-2/h3H,6H2,1-2H3/b4-3-. The Labute approximate surface area is 48.1 Å². The van der Waals surface area contributed by atoms with E-state index in [0.717, 1.165) is 0 Å². The minimum Gasteiger partial charge on any atom is -0.466 e. The van der Waals surface area contributed by atoms with Gasteiger partial charge in [-0.3, -0.25) is 0 Å². The van der Waals surface area contributed by atoms with Crippen molar-refractivity contribution >= 4 is 5.97 Å². The molecule has 8 heavy (non-hydrogen) atoms. The van der Waals surface area contributed by atoms with Gasteiger partial charge in [0.2, 0.25) is 0 Å². The first kappa shape index (κ1) is 7.01. The molecule has 0 radical (unpaired) electrons. The van der Waals surface area contributed by atoms with Crippen LogP contribution in [0.3, 0.4) is 0 Å². The fraction of sp³-hybridized carbons (Fsp3) is 0.400. The number of carbonyl (C=O) groups excluding carboxylic acids is 1. The van der Waals surface area contributed by atoms with E-state index in [1.165, 1.54) is 13.3 Å². The van der Waals surface area contributed by atoms with Gasteiger partial charge in [0.05, 0.1) is 7.11 Å². The van der Waals surface area contributed by atoms with Crippen LogP contribution in [0.1, 0.15) is 6.92 Å². The maximum atomic E-state index is 10.4. The SMILES string of the molecule is COC(=O)/C(C)=C\N. The molecular formula is C5H9NO2. The van der Waals surface area contributed by atoms with Crippen LogP contribution in [0.2, 0.25) is 0 Å². The van der Waals surface area contributed by atoms with E-state index in [4.69, 9.17) is 5.73 Å². The summed E-state index contributed by atoms with van der Waals surface area (Å²) in [5.74, 6) is -0.382. The molecule has 0 saturated heterocycles. The van der Waals surface area contributed by atoms with E-state index >= 15 is 0 Å². The predicted molar refractivity (Wildman–Crippen MR) is 30.0 cm³/mol. The summed E-state index contributed by atoms with van der Waals surface area (Å²) in [5, 5.41) is 0. The lowest BCUT2D eigenvalue weighted by molar-refractivity contribution is -0.136. The number of carbonyl (C=O) groups is 1. The van der Waals surface area contributed by atoms with Gasteiger partial charge in [0.1, 0.15) is 0 Å². The molecular weight excluding hydrogens is 106 g/mol.